The summed E-state index contributed by atoms with van der Waals surface area (Å²) < 4.78 is 0. The average molecular weight is 359 g/mol. The third kappa shape index (κ3) is 3.98. The Hall–Kier alpha value is -2.57. The lowest BCUT2D eigenvalue weighted by molar-refractivity contribution is -0.143. The van der Waals surface area contributed by atoms with E-state index in [-0.39, 0.29) is 24.4 Å². The SMILES string of the molecule is CC1CC(C(=O)O)CN(C(=O)Nc2ccccc2C(=O)N2CCCC2)C1. The van der Waals surface area contributed by atoms with Crippen molar-refractivity contribution in [2.75, 3.05) is 31.5 Å². The molecule has 0 radical (unpaired) electrons. The van der Waals surface area contributed by atoms with Crippen LogP contribution in [0, 0.1) is 11.8 Å². The van der Waals surface area contributed by atoms with Crippen molar-refractivity contribution in [2.45, 2.75) is 26.2 Å². The Kier molecular flexibility index (Phi) is 5.44. The molecule has 0 aliphatic carbocycles. The number of anilines is 1. The van der Waals surface area contributed by atoms with Crippen LogP contribution in [0.25, 0.3) is 0 Å². The largest absolute Gasteiger partial charge is 0.481 e. The fraction of sp³-hybridized carbons (Fsp3) is 0.526. The van der Waals surface area contributed by atoms with Crippen LogP contribution < -0.4 is 5.32 Å². The Labute approximate surface area is 153 Å². The number of carboxylic acid groups (broad SMARTS) is 1. The van der Waals surface area contributed by atoms with Crippen molar-refractivity contribution in [3.8, 4) is 0 Å². The molecule has 1 aromatic carbocycles. The molecule has 2 N–H and O–H groups in total. The molecule has 0 saturated carbocycles. The Balaban J connectivity index is 1.73. The van der Waals surface area contributed by atoms with Crippen LogP contribution in [0.5, 0.6) is 0 Å². The van der Waals surface area contributed by atoms with Crippen molar-refractivity contribution in [3.05, 3.63) is 29.8 Å². The number of hydrogen-bond donors (Lipinski definition) is 2. The van der Waals surface area contributed by atoms with Gasteiger partial charge in [-0.05, 0) is 37.3 Å². The van der Waals surface area contributed by atoms with E-state index in [4.69, 9.17) is 0 Å². The second-order valence-electron chi connectivity index (χ2n) is 7.26. The van der Waals surface area contributed by atoms with Gasteiger partial charge in [0.15, 0.2) is 0 Å². The summed E-state index contributed by atoms with van der Waals surface area (Å²) >= 11 is 0. The maximum Gasteiger partial charge on any atom is 0.321 e. The predicted molar refractivity (Wildman–Crippen MR) is 97.1 cm³/mol. The van der Waals surface area contributed by atoms with Crippen LogP contribution in [0.1, 0.15) is 36.5 Å². The number of para-hydroxylation sites is 1. The number of amides is 3. The highest BCUT2D eigenvalue weighted by Crippen LogP contribution is 2.24. The third-order valence-corrected chi connectivity index (χ3v) is 5.09. The van der Waals surface area contributed by atoms with Crippen LogP contribution in [-0.4, -0.2) is 59.0 Å². The first-order chi connectivity index (χ1) is 12.5. The summed E-state index contributed by atoms with van der Waals surface area (Å²) in [7, 11) is 0. The number of rotatable bonds is 3. The summed E-state index contributed by atoms with van der Waals surface area (Å²) in [5.74, 6) is -1.38. The molecule has 140 valence electrons. The molecule has 3 amide bonds. The smallest absolute Gasteiger partial charge is 0.321 e. The molecule has 7 heteroatoms. The zero-order valence-corrected chi connectivity index (χ0v) is 15.0. The first kappa shape index (κ1) is 18.2. The number of hydrogen-bond acceptors (Lipinski definition) is 3. The average Bonchev–Trinajstić information content (AvgIpc) is 3.15. The topological polar surface area (TPSA) is 90.0 Å². The maximum atomic E-state index is 12.7. The first-order valence-corrected chi connectivity index (χ1v) is 9.12. The zero-order chi connectivity index (χ0) is 18.7. The van der Waals surface area contributed by atoms with Crippen LogP contribution in [0.4, 0.5) is 10.5 Å². The minimum absolute atomic E-state index is 0.0752. The van der Waals surface area contributed by atoms with Gasteiger partial charge in [0.1, 0.15) is 0 Å². The van der Waals surface area contributed by atoms with E-state index in [1.165, 1.54) is 4.90 Å². The van der Waals surface area contributed by atoms with Crippen LogP contribution in [-0.2, 0) is 4.79 Å². The molecule has 2 aliphatic heterocycles. The maximum absolute atomic E-state index is 12.7. The summed E-state index contributed by atoms with van der Waals surface area (Å²) in [5.41, 5.74) is 0.946. The highest BCUT2D eigenvalue weighted by molar-refractivity contribution is 6.03. The standard InChI is InChI=1S/C19H25N3O4/c1-13-10-14(18(24)25)12-22(11-13)19(26)20-16-7-3-2-6-15(16)17(23)21-8-4-5-9-21/h2-3,6-7,13-14H,4-5,8-12H2,1H3,(H,20,26)(H,24,25). The van der Waals surface area contributed by atoms with Crippen molar-refractivity contribution >= 4 is 23.6 Å². The van der Waals surface area contributed by atoms with Crippen molar-refractivity contribution in [1.82, 2.24) is 9.80 Å². The van der Waals surface area contributed by atoms with E-state index in [1.54, 1.807) is 29.2 Å². The number of nitrogens with zero attached hydrogens (tertiary/aromatic N) is 2. The van der Waals surface area contributed by atoms with E-state index < -0.39 is 11.9 Å². The lowest BCUT2D eigenvalue weighted by atomic mass is 9.91. The number of carboxylic acids is 1. The minimum atomic E-state index is -0.876. The molecule has 2 unspecified atom stereocenters. The van der Waals surface area contributed by atoms with Gasteiger partial charge in [0.25, 0.3) is 5.91 Å². The van der Waals surface area contributed by atoms with Gasteiger partial charge >= 0.3 is 12.0 Å². The molecule has 0 spiro atoms. The van der Waals surface area contributed by atoms with Gasteiger partial charge in [0.05, 0.1) is 17.2 Å². The molecule has 2 atom stereocenters. The van der Waals surface area contributed by atoms with Gasteiger partial charge in [0, 0.05) is 26.2 Å². The molecular weight excluding hydrogens is 334 g/mol. The van der Waals surface area contributed by atoms with Gasteiger partial charge in [-0.1, -0.05) is 19.1 Å². The Bertz CT molecular complexity index is 700. The second kappa shape index (κ2) is 7.76. The molecule has 1 aromatic rings. The predicted octanol–water partition coefficient (Wildman–Crippen LogP) is 2.50. The highest BCUT2D eigenvalue weighted by Gasteiger charge is 2.32. The Morgan fingerprint density at radius 1 is 1.08 bits per heavy atom. The number of carbonyl (C=O) groups is 3. The number of aliphatic carboxylic acids is 1. The van der Waals surface area contributed by atoms with Gasteiger partial charge in [0.2, 0.25) is 0 Å². The summed E-state index contributed by atoms with van der Waals surface area (Å²) in [6, 6.07) is 6.63. The van der Waals surface area contributed by atoms with Gasteiger partial charge in [-0.25, -0.2) is 4.79 Å². The number of likely N-dealkylation sites (tertiary alicyclic amines) is 2. The normalized spacial score (nSPS) is 23.0. The number of piperidine rings is 1. The van der Waals surface area contributed by atoms with Crippen molar-refractivity contribution in [3.63, 3.8) is 0 Å². The summed E-state index contributed by atoms with van der Waals surface area (Å²) in [4.78, 5) is 40.0. The van der Waals surface area contributed by atoms with Crippen LogP contribution in [0.15, 0.2) is 24.3 Å². The Morgan fingerprint density at radius 2 is 1.77 bits per heavy atom. The summed E-state index contributed by atoms with van der Waals surface area (Å²) in [5, 5.41) is 12.1. The molecule has 0 aromatic heterocycles. The van der Waals surface area contributed by atoms with E-state index in [1.807, 2.05) is 6.92 Å². The fourth-order valence-corrected chi connectivity index (χ4v) is 3.76. The molecule has 2 heterocycles. The van der Waals surface area contributed by atoms with E-state index in [9.17, 15) is 19.5 Å². The number of carbonyl (C=O) groups excluding carboxylic acids is 2. The minimum Gasteiger partial charge on any atom is -0.481 e. The van der Waals surface area contributed by atoms with Crippen molar-refractivity contribution in [2.24, 2.45) is 11.8 Å². The van der Waals surface area contributed by atoms with E-state index in [0.29, 0.717) is 24.2 Å². The van der Waals surface area contributed by atoms with Crippen molar-refractivity contribution in [1.29, 1.82) is 0 Å². The molecule has 26 heavy (non-hydrogen) atoms. The summed E-state index contributed by atoms with van der Waals surface area (Å²) in [6.07, 6.45) is 2.58. The lowest BCUT2D eigenvalue weighted by Crippen LogP contribution is -2.47. The van der Waals surface area contributed by atoms with Crippen LogP contribution in [0.2, 0.25) is 0 Å². The Morgan fingerprint density at radius 3 is 2.46 bits per heavy atom. The number of benzene rings is 1. The van der Waals surface area contributed by atoms with E-state index in [2.05, 4.69) is 5.32 Å². The molecular formula is C19H25N3O4. The van der Waals surface area contributed by atoms with Crippen molar-refractivity contribution < 1.29 is 19.5 Å². The van der Waals surface area contributed by atoms with E-state index >= 15 is 0 Å². The lowest BCUT2D eigenvalue weighted by Gasteiger charge is -2.34. The number of urea groups is 1. The quantitative estimate of drug-likeness (QED) is 0.868. The molecule has 3 rings (SSSR count). The molecule has 2 saturated heterocycles. The van der Waals surface area contributed by atoms with E-state index in [0.717, 1.165) is 25.9 Å². The third-order valence-electron chi connectivity index (χ3n) is 5.09. The number of nitrogens with one attached hydrogen (secondary N) is 1. The first-order valence-electron chi connectivity index (χ1n) is 9.12. The highest BCUT2D eigenvalue weighted by atomic mass is 16.4. The van der Waals surface area contributed by atoms with Crippen LogP contribution in [0.3, 0.4) is 0 Å². The second-order valence-corrected chi connectivity index (χ2v) is 7.26. The zero-order valence-electron chi connectivity index (χ0n) is 15.0. The molecule has 2 aliphatic rings. The monoisotopic (exact) mass is 359 g/mol. The van der Waals surface area contributed by atoms with Gasteiger partial charge in [-0.3, -0.25) is 9.59 Å². The molecule has 7 nitrogen and oxygen atoms in total. The summed E-state index contributed by atoms with van der Waals surface area (Å²) in [6.45, 7) is 4.13. The van der Waals surface area contributed by atoms with Gasteiger partial charge in [-0.15, -0.1) is 0 Å². The fourth-order valence-electron chi connectivity index (χ4n) is 3.76. The molecule has 0 bridgehead atoms. The molecule has 2 fully saturated rings. The van der Waals surface area contributed by atoms with Crippen LogP contribution >= 0.6 is 0 Å². The van der Waals surface area contributed by atoms with Gasteiger partial charge < -0.3 is 20.2 Å². The van der Waals surface area contributed by atoms with Gasteiger partial charge in [-0.2, -0.15) is 0 Å².